The third-order valence-electron chi connectivity index (χ3n) is 2.36. The molecule has 0 spiro atoms. The van der Waals surface area contributed by atoms with Gasteiger partial charge in [0, 0.05) is 6.54 Å². The number of halogens is 1. The van der Waals surface area contributed by atoms with Crippen molar-refractivity contribution in [3.8, 4) is 5.75 Å². The Morgan fingerprint density at radius 3 is 2.69 bits per heavy atom. The van der Waals surface area contributed by atoms with Gasteiger partial charge in [-0.1, -0.05) is 6.07 Å². The number of ether oxygens (including phenoxy) is 1. The molecule has 4 heteroatoms. The molecule has 0 unspecified atom stereocenters. The number of hydrogen-bond donors (Lipinski definition) is 0. The molecule has 0 saturated heterocycles. The summed E-state index contributed by atoms with van der Waals surface area (Å²) >= 11 is 5.58. The molecule has 0 aromatic heterocycles. The molecule has 0 aliphatic heterocycles. The minimum atomic E-state index is -0.118. The summed E-state index contributed by atoms with van der Waals surface area (Å²) in [5.41, 5.74) is 1.85. The van der Waals surface area contributed by atoms with E-state index in [0.717, 1.165) is 11.3 Å². The first-order chi connectivity index (χ1) is 7.63. The van der Waals surface area contributed by atoms with Crippen LogP contribution in [0.2, 0.25) is 0 Å². The summed E-state index contributed by atoms with van der Waals surface area (Å²) in [6.45, 7) is 4.46. The van der Waals surface area contributed by atoms with Crippen LogP contribution < -0.4 is 9.64 Å². The SMILES string of the molecule is CCN(C(=O)CCl)c1cc(C)ccc1OC. The highest BCUT2D eigenvalue weighted by molar-refractivity contribution is 6.29. The lowest BCUT2D eigenvalue weighted by Crippen LogP contribution is -2.31. The van der Waals surface area contributed by atoms with Crippen LogP contribution in [0.3, 0.4) is 0 Å². The second-order valence-electron chi connectivity index (χ2n) is 3.45. The molecular formula is C12H16ClNO2. The van der Waals surface area contributed by atoms with Gasteiger partial charge >= 0.3 is 0 Å². The number of nitrogens with zero attached hydrogens (tertiary/aromatic N) is 1. The van der Waals surface area contributed by atoms with Crippen molar-refractivity contribution in [3.63, 3.8) is 0 Å². The van der Waals surface area contributed by atoms with E-state index in [9.17, 15) is 4.79 Å². The van der Waals surface area contributed by atoms with Gasteiger partial charge in [0.1, 0.15) is 11.6 Å². The van der Waals surface area contributed by atoms with Crippen molar-refractivity contribution in [1.29, 1.82) is 0 Å². The lowest BCUT2D eigenvalue weighted by Gasteiger charge is -2.22. The summed E-state index contributed by atoms with van der Waals surface area (Å²) < 4.78 is 5.24. The fraction of sp³-hybridized carbons (Fsp3) is 0.417. The summed E-state index contributed by atoms with van der Waals surface area (Å²) in [6, 6.07) is 5.73. The van der Waals surface area contributed by atoms with Crippen molar-refractivity contribution >= 4 is 23.2 Å². The van der Waals surface area contributed by atoms with E-state index in [1.54, 1.807) is 12.0 Å². The second kappa shape index (κ2) is 5.75. The van der Waals surface area contributed by atoms with Crippen LogP contribution in [0.4, 0.5) is 5.69 Å². The highest BCUT2D eigenvalue weighted by atomic mass is 35.5. The second-order valence-corrected chi connectivity index (χ2v) is 3.71. The molecule has 0 aliphatic carbocycles. The average molecular weight is 242 g/mol. The smallest absolute Gasteiger partial charge is 0.242 e. The Morgan fingerprint density at radius 1 is 1.50 bits per heavy atom. The Balaban J connectivity index is 3.17. The number of anilines is 1. The minimum Gasteiger partial charge on any atom is -0.495 e. The number of amides is 1. The maximum absolute atomic E-state index is 11.7. The van der Waals surface area contributed by atoms with Crippen molar-refractivity contribution in [1.82, 2.24) is 0 Å². The van der Waals surface area contributed by atoms with Gasteiger partial charge in [-0.2, -0.15) is 0 Å². The molecule has 0 N–H and O–H groups in total. The quantitative estimate of drug-likeness (QED) is 0.759. The average Bonchev–Trinajstić information content (AvgIpc) is 2.30. The highest BCUT2D eigenvalue weighted by Gasteiger charge is 2.16. The van der Waals surface area contributed by atoms with Crippen molar-refractivity contribution in [3.05, 3.63) is 23.8 Å². The number of carbonyl (C=O) groups is 1. The van der Waals surface area contributed by atoms with E-state index >= 15 is 0 Å². The molecular weight excluding hydrogens is 226 g/mol. The van der Waals surface area contributed by atoms with Crippen molar-refractivity contribution in [2.75, 3.05) is 24.4 Å². The molecule has 0 bridgehead atoms. The van der Waals surface area contributed by atoms with E-state index in [2.05, 4.69) is 0 Å². The Hall–Kier alpha value is -1.22. The van der Waals surface area contributed by atoms with E-state index in [0.29, 0.717) is 12.3 Å². The number of rotatable bonds is 4. The summed E-state index contributed by atoms with van der Waals surface area (Å²) in [4.78, 5) is 13.3. The summed E-state index contributed by atoms with van der Waals surface area (Å²) in [6.07, 6.45) is 0. The van der Waals surface area contributed by atoms with E-state index in [-0.39, 0.29) is 11.8 Å². The zero-order chi connectivity index (χ0) is 12.1. The van der Waals surface area contributed by atoms with E-state index in [1.807, 2.05) is 32.0 Å². The van der Waals surface area contributed by atoms with Crippen molar-refractivity contribution in [2.24, 2.45) is 0 Å². The Labute approximate surface area is 101 Å². The van der Waals surface area contributed by atoms with Gasteiger partial charge in [-0.25, -0.2) is 0 Å². The molecule has 0 aliphatic rings. The van der Waals surface area contributed by atoms with Gasteiger partial charge in [0.25, 0.3) is 0 Å². The molecule has 0 heterocycles. The molecule has 1 aromatic carbocycles. The third-order valence-corrected chi connectivity index (χ3v) is 2.59. The van der Waals surface area contributed by atoms with Gasteiger partial charge in [-0.05, 0) is 31.5 Å². The molecule has 1 rings (SSSR count). The van der Waals surface area contributed by atoms with Crippen LogP contribution in [0.1, 0.15) is 12.5 Å². The lowest BCUT2D eigenvalue weighted by atomic mass is 10.2. The first-order valence-electron chi connectivity index (χ1n) is 5.15. The molecule has 88 valence electrons. The van der Waals surface area contributed by atoms with Gasteiger partial charge < -0.3 is 9.64 Å². The molecule has 0 radical (unpaired) electrons. The normalized spacial score (nSPS) is 10.0. The van der Waals surface area contributed by atoms with Crippen LogP contribution in [0.5, 0.6) is 5.75 Å². The number of carbonyl (C=O) groups excluding carboxylic acids is 1. The van der Waals surface area contributed by atoms with Crippen LogP contribution in [0, 0.1) is 6.92 Å². The van der Waals surface area contributed by atoms with Crippen molar-refractivity contribution in [2.45, 2.75) is 13.8 Å². The van der Waals surface area contributed by atoms with Crippen LogP contribution >= 0.6 is 11.6 Å². The van der Waals surface area contributed by atoms with Crippen molar-refractivity contribution < 1.29 is 9.53 Å². The van der Waals surface area contributed by atoms with Gasteiger partial charge in [-0.3, -0.25) is 4.79 Å². The highest BCUT2D eigenvalue weighted by Crippen LogP contribution is 2.29. The van der Waals surface area contributed by atoms with Crippen LogP contribution in [-0.4, -0.2) is 25.4 Å². The standard InChI is InChI=1S/C12H16ClNO2/c1-4-14(12(15)8-13)10-7-9(2)5-6-11(10)16-3/h5-7H,4,8H2,1-3H3. The van der Waals surface area contributed by atoms with E-state index in [1.165, 1.54) is 0 Å². The fourth-order valence-electron chi connectivity index (χ4n) is 1.56. The first-order valence-corrected chi connectivity index (χ1v) is 5.68. The van der Waals surface area contributed by atoms with Gasteiger partial charge in [0.05, 0.1) is 12.8 Å². The van der Waals surface area contributed by atoms with Crippen LogP contribution in [0.25, 0.3) is 0 Å². The van der Waals surface area contributed by atoms with Gasteiger partial charge in [-0.15, -0.1) is 11.6 Å². The number of methoxy groups -OCH3 is 1. The van der Waals surface area contributed by atoms with Gasteiger partial charge in [0.15, 0.2) is 0 Å². The molecule has 1 aromatic rings. The Bertz CT molecular complexity index is 379. The van der Waals surface area contributed by atoms with Crippen LogP contribution in [-0.2, 0) is 4.79 Å². The zero-order valence-corrected chi connectivity index (χ0v) is 10.5. The molecule has 0 saturated carbocycles. The molecule has 1 amide bonds. The predicted octanol–water partition coefficient (Wildman–Crippen LogP) is 2.60. The van der Waals surface area contributed by atoms with Crippen LogP contribution in [0.15, 0.2) is 18.2 Å². The number of hydrogen-bond acceptors (Lipinski definition) is 2. The molecule has 0 fully saturated rings. The Kier molecular flexibility index (Phi) is 4.62. The monoisotopic (exact) mass is 241 g/mol. The predicted molar refractivity (Wildman–Crippen MR) is 66.5 cm³/mol. The zero-order valence-electron chi connectivity index (χ0n) is 9.79. The molecule has 16 heavy (non-hydrogen) atoms. The topological polar surface area (TPSA) is 29.5 Å². The molecule has 0 atom stereocenters. The third kappa shape index (κ3) is 2.67. The number of alkyl halides is 1. The lowest BCUT2D eigenvalue weighted by molar-refractivity contribution is -0.116. The van der Waals surface area contributed by atoms with E-state index < -0.39 is 0 Å². The number of aryl methyl sites for hydroxylation is 1. The minimum absolute atomic E-state index is 0.0229. The van der Waals surface area contributed by atoms with E-state index in [4.69, 9.17) is 16.3 Å². The summed E-state index contributed by atoms with van der Waals surface area (Å²) in [7, 11) is 1.59. The maximum atomic E-state index is 11.7. The summed E-state index contributed by atoms with van der Waals surface area (Å²) in [5.74, 6) is 0.546. The Morgan fingerprint density at radius 2 is 2.19 bits per heavy atom. The first kappa shape index (κ1) is 12.8. The number of benzene rings is 1. The molecule has 3 nitrogen and oxygen atoms in total. The van der Waals surface area contributed by atoms with Gasteiger partial charge in [0.2, 0.25) is 5.91 Å². The maximum Gasteiger partial charge on any atom is 0.242 e. The largest absolute Gasteiger partial charge is 0.495 e. The fourth-order valence-corrected chi connectivity index (χ4v) is 1.71. The summed E-state index contributed by atoms with van der Waals surface area (Å²) in [5, 5.41) is 0.